The highest BCUT2D eigenvalue weighted by Gasteiger charge is 2.41. The number of fused-ring (bicyclic) bond motifs is 2. The normalized spacial score (nSPS) is 18.0. The average molecular weight is 548 g/mol. The minimum Gasteiger partial charge on any atom is -0.487 e. The second kappa shape index (κ2) is 11.0. The lowest BCUT2D eigenvalue weighted by Crippen LogP contribution is -2.54. The van der Waals surface area contributed by atoms with Gasteiger partial charge in [-0.05, 0) is 86.7 Å². The fraction of sp³-hybridized carbons (Fsp3) is 0.355. The molecule has 7 nitrogen and oxygen atoms in total. The minimum absolute atomic E-state index is 0.381. The lowest BCUT2D eigenvalue weighted by molar-refractivity contribution is -0.144. The van der Waals surface area contributed by atoms with Crippen LogP contribution in [-0.2, 0) is 17.0 Å². The molecule has 0 spiro atoms. The van der Waals surface area contributed by atoms with Gasteiger partial charge in [-0.15, -0.1) is 0 Å². The summed E-state index contributed by atoms with van der Waals surface area (Å²) in [5.74, 6) is -0.0641. The molecule has 204 valence electrons. The van der Waals surface area contributed by atoms with Crippen molar-refractivity contribution in [3.05, 3.63) is 94.3 Å². The second-order valence-corrected chi connectivity index (χ2v) is 11.3. The molecule has 39 heavy (non-hydrogen) atoms. The van der Waals surface area contributed by atoms with Crippen LogP contribution in [0.2, 0.25) is 5.02 Å². The Morgan fingerprint density at radius 1 is 1.15 bits per heavy atom. The van der Waals surface area contributed by atoms with E-state index in [0.717, 1.165) is 52.4 Å². The van der Waals surface area contributed by atoms with Crippen molar-refractivity contribution in [3.8, 4) is 5.75 Å². The number of pyridine rings is 1. The highest BCUT2D eigenvalue weighted by atomic mass is 35.5. The van der Waals surface area contributed by atoms with E-state index in [-0.39, 0.29) is 0 Å². The smallest absolute Gasteiger partial charge is 0.329 e. The fourth-order valence-electron chi connectivity index (χ4n) is 5.31. The Hall–Kier alpha value is -3.39. The van der Waals surface area contributed by atoms with Crippen LogP contribution in [0.15, 0.2) is 66.9 Å². The van der Waals surface area contributed by atoms with E-state index in [1.165, 1.54) is 0 Å². The summed E-state index contributed by atoms with van der Waals surface area (Å²) in [7, 11) is 0. The molecule has 0 atom stereocenters. The van der Waals surface area contributed by atoms with Crippen molar-refractivity contribution in [2.75, 3.05) is 25.0 Å². The van der Waals surface area contributed by atoms with Crippen LogP contribution >= 0.6 is 11.6 Å². The zero-order valence-corrected chi connectivity index (χ0v) is 23.0. The summed E-state index contributed by atoms with van der Waals surface area (Å²) in [6, 6.07) is 17.0. The number of aromatic nitrogens is 1. The van der Waals surface area contributed by atoms with Gasteiger partial charge in [-0.2, -0.15) is 0 Å². The van der Waals surface area contributed by atoms with Gasteiger partial charge in [-0.25, -0.2) is 4.79 Å². The topological polar surface area (TPSA) is 94.9 Å². The number of aliphatic hydroxyl groups is 1. The van der Waals surface area contributed by atoms with Gasteiger partial charge in [-0.3, -0.25) is 4.98 Å². The Morgan fingerprint density at radius 2 is 1.90 bits per heavy atom. The zero-order valence-electron chi connectivity index (χ0n) is 22.3. The average Bonchev–Trinajstić information content (AvgIpc) is 3.07. The van der Waals surface area contributed by atoms with E-state index in [1.54, 1.807) is 32.2 Å². The van der Waals surface area contributed by atoms with E-state index in [9.17, 15) is 15.0 Å². The Kier molecular flexibility index (Phi) is 7.67. The van der Waals surface area contributed by atoms with Crippen molar-refractivity contribution in [1.29, 1.82) is 0 Å². The number of aliphatic carboxylic acids is 1. The number of benzene rings is 2. The SMILES string of the molecule is CC(C)(O)c1ccc2c(c1)C(=CCCN1CCC(Nc3ccc(Cl)cc3)(C(=O)O)CC1)c1cccnc1CO2. The predicted octanol–water partition coefficient (Wildman–Crippen LogP) is 5.71. The van der Waals surface area contributed by atoms with Gasteiger partial charge < -0.3 is 25.2 Å². The lowest BCUT2D eigenvalue weighted by atomic mass is 9.87. The standard InChI is InChI=1S/C31H34ClN3O4/c1-30(2,38)21-7-12-28-26(19-21)24(25-5-3-15-33-27(25)20-39-28)6-4-16-35-17-13-31(14-18-35,29(36)37)34-23-10-8-22(32)9-11-23/h3,5-12,15,19,34,38H,4,13-14,16-18,20H2,1-2H3,(H,36,37). The third-order valence-corrected chi connectivity index (χ3v) is 7.91. The van der Waals surface area contributed by atoms with Crippen LogP contribution in [0.4, 0.5) is 5.69 Å². The molecule has 0 aliphatic carbocycles. The molecular formula is C31H34ClN3O4. The summed E-state index contributed by atoms with van der Waals surface area (Å²) >= 11 is 5.99. The molecule has 1 fully saturated rings. The predicted molar refractivity (Wildman–Crippen MR) is 153 cm³/mol. The van der Waals surface area contributed by atoms with Crippen LogP contribution in [0.3, 0.4) is 0 Å². The van der Waals surface area contributed by atoms with Gasteiger partial charge in [-0.1, -0.05) is 29.8 Å². The number of anilines is 1. The van der Waals surface area contributed by atoms with Crippen LogP contribution in [-0.4, -0.2) is 51.2 Å². The van der Waals surface area contributed by atoms with Crippen LogP contribution in [0.25, 0.3) is 5.57 Å². The first kappa shape index (κ1) is 27.2. The third kappa shape index (κ3) is 5.96. The molecule has 3 heterocycles. The summed E-state index contributed by atoms with van der Waals surface area (Å²) in [6.07, 6.45) is 5.77. The number of ether oxygens (including phenoxy) is 1. The summed E-state index contributed by atoms with van der Waals surface area (Å²) in [5.41, 5.74) is 3.48. The maximum absolute atomic E-state index is 12.3. The second-order valence-electron chi connectivity index (χ2n) is 10.8. The van der Waals surface area contributed by atoms with Gasteiger partial charge in [0.05, 0.1) is 11.3 Å². The minimum atomic E-state index is -1.00. The maximum atomic E-state index is 12.3. The van der Waals surface area contributed by atoms with Crippen molar-refractivity contribution in [2.24, 2.45) is 0 Å². The molecule has 0 radical (unpaired) electrons. The number of carbonyl (C=O) groups is 1. The number of carboxylic acid groups (broad SMARTS) is 1. The van der Waals surface area contributed by atoms with E-state index in [2.05, 4.69) is 27.3 Å². The number of halogens is 1. The molecule has 1 aromatic heterocycles. The maximum Gasteiger partial charge on any atom is 0.329 e. The van der Waals surface area contributed by atoms with Crippen molar-refractivity contribution in [2.45, 2.75) is 50.9 Å². The zero-order chi connectivity index (χ0) is 27.6. The number of hydrogen-bond donors (Lipinski definition) is 3. The van der Waals surface area contributed by atoms with Crippen LogP contribution < -0.4 is 10.1 Å². The van der Waals surface area contributed by atoms with Crippen molar-refractivity contribution in [3.63, 3.8) is 0 Å². The van der Waals surface area contributed by atoms with Gasteiger partial charge in [0.1, 0.15) is 17.9 Å². The van der Waals surface area contributed by atoms with E-state index in [1.807, 2.05) is 36.4 Å². The van der Waals surface area contributed by atoms with Gasteiger partial charge in [0.15, 0.2) is 0 Å². The van der Waals surface area contributed by atoms with Gasteiger partial charge in [0.25, 0.3) is 0 Å². The van der Waals surface area contributed by atoms with Crippen molar-refractivity contribution in [1.82, 2.24) is 9.88 Å². The van der Waals surface area contributed by atoms with Crippen LogP contribution in [0.5, 0.6) is 5.75 Å². The summed E-state index contributed by atoms with van der Waals surface area (Å²) < 4.78 is 6.10. The molecule has 2 aliphatic rings. The lowest BCUT2D eigenvalue weighted by Gasteiger charge is -2.40. The molecule has 0 saturated carbocycles. The summed E-state index contributed by atoms with van der Waals surface area (Å²) in [5, 5.41) is 24.6. The Morgan fingerprint density at radius 3 is 2.59 bits per heavy atom. The molecule has 8 heteroatoms. The first-order valence-corrected chi connectivity index (χ1v) is 13.7. The first-order valence-electron chi connectivity index (χ1n) is 13.3. The van der Waals surface area contributed by atoms with Gasteiger partial charge in [0.2, 0.25) is 0 Å². The third-order valence-electron chi connectivity index (χ3n) is 7.66. The number of nitrogens with one attached hydrogen (secondary N) is 1. The Bertz CT molecular complexity index is 1370. The van der Waals surface area contributed by atoms with E-state index < -0.39 is 17.1 Å². The molecule has 3 aromatic rings. The molecule has 0 amide bonds. The Labute approximate surface area is 234 Å². The van der Waals surface area contributed by atoms with Crippen LogP contribution in [0.1, 0.15) is 55.5 Å². The van der Waals surface area contributed by atoms with Crippen molar-refractivity contribution >= 4 is 28.8 Å². The van der Waals surface area contributed by atoms with E-state index in [0.29, 0.717) is 37.6 Å². The molecule has 0 bridgehead atoms. The quantitative estimate of drug-likeness (QED) is 0.349. The fourth-order valence-corrected chi connectivity index (χ4v) is 5.43. The molecule has 1 saturated heterocycles. The molecule has 5 rings (SSSR count). The number of likely N-dealkylation sites (tertiary alicyclic amines) is 1. The molecule has 0 unspecified atom stereocenters. The largest absolute Gasteiger partial charge is 0.487 e. The summed E-state index contributed by atoms with van der Waals surface area (Å²) in [4.78, 5) is 19.2. The van der Waals surface area contributed by atoms with Crippen molar-refractivity contribution < 1.29 is 19.7 Å². The highest BCUT2D eigenvalue weighted by molar-refractivity contribution is 6.30. The molecule has 2 aliphatic heterocycles. The Balaban J connectivity index is 1.33. The first-order chi connectivity index (χ1) is 18.6. The highest BCUT2D eigenvalue weighted by Crippen LogP contribution is 2.39. The number of hydrogen-bond acceptors (Lipinski definition) is 6. The number of piperidine rings is 1. The molecular weight excluding hydrogens is 514 g/mol. The van der Waals surface area contributed by atoms with Gasteiger partial charge >= 0.3 is 5.97 Å². The number of carboxylic acids is 1. The molecule has 2 aromatic carbocycles. The van der Waals surface area contributed by atoms with Gasteiger partial charge in [0, 0.05) is 47.7 Å². The number of nitrogens with zero attached hydrogens (tertiary/aromatic N) is 2. The molecule has 3 N–H and O–H groups in total. The monoisotopic (exact) mass is 547 g/mol. The van der Waals surface area contributed by atoms with E-state index in [4.69, 9.17) is 16.3 Å². The summed E-state index contributed by atoms with van der Waals surface area (Å²) in [6.45, 7) is 6.10. The van der Waals surface area contributed by atoms with Crippen LogP contribution in [0, 0.1) is 0 Å². The van der Waals surface area contributed by atoms with E-state index >= 15 is 0 Å². The number of rotatable bonds is 7.